The van der Waals surface area contributed by atoms with E-state index >= 15 is 0 Å². The molecule has 0 aliphatic carbocycles. The van der Waals surface area contributed by atoms with Crippen molar-refractivity contribution >= 4 is 18.7 Å². The number of nitrogens with zero attached hydrogens (tertiary/aromatic N) is 1. The van der Waals surface area contributed by atoms with E-state index in [0.29, 0.717) is 0 Å². The summed E-state index contributed by atoms with van der Waals surface area (Å²) in [5, 5.41) is 2.57. The number of methoxy groups -OCH3 is 2. The van der Waals surface area contributed by atoms with E-state index in [2.05, 4.69) is 128 Å². The van der Waals surface area contributed by atoms with Gasteiger partial charge in [0.25, 0.3) is 0 Å². The highest BCUT2D eigenvalue weighted by atomic mass is 31.1. The normalized spacial score (nSPS) is 13.0. The molecule has 4 heteroatoms. The first kappa shape index (κ1) is 24.0. The number of ether oxygens (including phenoxy) is 2. The number of hydrogen-bond acceptors (Lipinski definition) is 3. The molecule has 4 aromatic carbocycles. The number of rotatable bonds is 9. The van der Waals surface area contributed by atoms with Gasteiger partial charge in [-0.15, -0.1) is 0 Å². The minimum atomic E-state index is -0.853. The summed E-state index contributed by atoms with van der Waals surface area (Å²) in [6.07, 6.45) is 0. The predicted octanol–water partition coefficient (Wildman–Crippen LogP) is 6.88. The molecule has 2 atom stereocenters. The molecule has 3 nitrogen and oxygen atoms in total. The van der Waals surface area contributed by atoms with Crippen LogP contribution >= 0.6 is 8.07 Å². The van der Waals surface area contributed by atoms with Crippen molar-refractivity contribution < 1.29 is 9.47 Å². The molecule has 0 aliphatic heterocycles. The Labute approximate surface area is 204 Å². The lowest BCUT2D eigenvalue weighted by Crippen LogP contribution is -2.33. The summed E-state index contributed by atoms with van der Waals surface area (Å²) in [4.78, 5) is 0. The van der Waals surface area contributed by atoms with Gasteiger partial charge >= 0.3 is 0 Å². The summed E-state index contributed by atoms with van der Waals surface area (Å²) in [5.74, 6) is 1.74. The molecule has 0 heterocycles. The Bertz CT molecular complexity index is 1060. The van der Waals surface area contributed by atoms with E-state index in [0.717, 1.165) is 11.5 Å². The van der Waals surface area contributed by atoms with Gasteiger partial charge in [-0.3, -0.25) is 4.67 Å². The van der Waals surface area contributed by atoms with Crippen LogP contribution in [0.5, 0.6) is 11.5 Å². The summed E-state index contributed by atoms with van der Waals surface area (Å²) in [6, 6.07) is 39.0. The molecular formula is C30H32NO2P. The van der Waals surface area contributed by atoms with Crippen molar-refractivity contribution in [3.63, 3.8) is 0 Å². The van der Waals surface area contributed by atoms with Crippen LogP contribution in [0.15, 0.2) is 109 Å². The fourth-order valence-electron chi connectivity index (χ4n) is 4.31. The van der Waals surface area contributed by atoms with E-state index in [1.807, 2.05) is 0 Å². The van der Waals surface area contributed by atoms with Crippen LogP contribution in [-0.2, 0) is 0 Å². The van der Waals surface area contributed by atoms with E-state index in [-0.39, 0.29) is 12.1 Å². The Morgan fingerprint density at radius 3 is 1.21 bits per heavy atom. The average Bonchev–Trinajstić information content (AvgIpc) is 2.92. The summed E-state index contributed by atoms with van der Waals surface area (Å²) in [6.45, 7) is 4.63. The lowest BCUT2D eigenvalue weighted by Gasteiger charge is -2.41. The van der Waals surface area contributed by atoms with Crippen LogP contribution in [-0.4, -0.2) is 18.9 Å². The Balaban J connectivity index is 1.88. The van der Waals surface area contributed by atoms with Crippen molar-refractivity contribution in [1.82, 2.24) is 4.67 Å². The topological polar surface area (TPSA) is 21.7 Å². The van der Waals surface area contributed by atoms with Crippen LogP contribution in [0.4, 0.5) is 0 Å². The van der Waals surface area contributed by atoms with E-state index in [1.54, 1.807) is 14.2 Å². The Morgan fingerprint density at radius 1 is 0.529 bits per heavy atom. The number of benzene rings is 4. The van der Waals surface area contributed by atoms with E-state index in [9.17, 15) is 0 Å². The molecule has 34 heavy (non-hydrogen) atoms. The van der Waals surface area contributed by atoms with E-state index in [4.69, 9.17) is 9.47 Å². The second-order valence-corrected chi connectivity index (χ2v) is 10.4. The quantitative estimate of drug-likeness (QED) is 0.250. The standard InChI is InChI=1S/C30H32NO2P/c1-23(25-11-7-5-8-12-25)31(24(2)26-13-9-6-10-14-26)34(29-19-15-27(32-3)16-20-29)30-21-17-28(33-4)18-22-30/h5-24H,1-4H3/t23-,24-/m0/s1. The maximum atomic E-state index is 5.46. The van der Waals surface area contributed by atoms with Crippen molar-refractivity contribution in [2.75, 3.05) is 14.2 Å². The van der Waals surface area contributed by atoms with E-state index < -0.39 is 8.07 Å². The fourth-order valence-corrected chi connectivity index (χ4v) is 6.97. The molecule has 0 aromatic heterocycles. The van der Waals surface area contributed by atoms with Gasteiger partial charge in [-0.25, -0.2) is 0 Å². The first-order valence-electron chi connectivity index (χ1n) is 11.6. The van der Waals surface area contributed by atoms with Crippen molar-refractivity contribution in [2.45, 2.75) is 25.9 Å². The van der Waals surface area contributed by atoms with E-state index in [1.165, 1.54) is 21.7 Å². The Morgan fingerprint density at radius 2 is 0.882 bits per heavy atom. The minimum Gasteiger partial charge on any atom is -0.497 e. The molecule has 0 fully saturated rings. The van der Waals surface area contributed by atoms with Crippen LogP contribution in [0.3, 0.4) is 0 Å². The van der Waals surface area contributed by atoms with Crippen LogP contribution in [0.1, 0.15) is 37.1 Å². The Kier molecular flexibility index (Phi) is 8.00. The predicted molar refractivity (Wildman–Crippen MR) is 144 cm³/mol. The molecule has 0 radical (unpaired) electrons. The van der Waals surface area contributed by atoms with Crippen molar-refractivity contribution in [2.24, 2.45) is 0 Å². The maximum Gasteiger partial charge on any atom is 0.118 e. The van der Waals surface area contributed by atoms with Gasteiger partial charge in [0.2, 0.25) is 0 Å². The molecule has 0 spiro atoms. The molecule has 0 saturated heterocycles. The van der Waals surface area contributed by atoms with Crippen LogP contribution in [0, 0.1) is 0 Å². The zero-order valence-corrected chi connectivity index (χ0v) is 21.2. The molecule has 174 valence electrons. The average molecular weight is 470 g/mol. The lowest BCUT2D eigenvalue weighted by atomic mass is 10.0. The third kappa shape index (κ3) is 5.33. The maximum absolute atomic E-state index is 5.46. The molecule has 4 aromatic rings. The third-order valence-electron chi connectivity index (χ3n) is 6.22. The molecule has 0 bridgehead atoms. The summed E-state index contributed by atoms with van der Waals surface area (Å²) in [5.41, 5.74) is 2.61. The van der Waals surface area contributed by atoms with Gasteiger partial charge in [-0.1, -0.05) is 60.7 Å². The third-order valence-corrected chi connectivity index (χ3v) is 8.95. The highest BCUT2D eigenvalue weighted by molar-refractivity contribution is 7.70. The van der Waals surface area contributed by atoms with Crippen LogP contribution in [0.25, 0.3) is 0 Å². The van der Waals surface area contributed by atoms with Gasteiger partial charge in [0.05, 0.1) is 14.2 Å². The lowest BCUT2D eigenvalue weighted by molar-refractivity contribution is 0.303. The summed E-state index contributed by atoms with van der Waals surface area (Å²) >= 11 is 0. The molecule has 0 N–H and O–H groups in total. The number of hydrogen-bond donors (Lipinski definition) is 0. The Hall–Kier alpha value is -3.13. The summed E-state index contributed by atoms with van der Waals surface area (Å²) < 4.78 is 13.6. The first-order valence-corrected chi connectivity index (χ1v) is 12.9. The molecule has 0 aliphatic rings. The SMILES string of the molecule is COc1ccc(P(c2ccc(OC)cc2)N([C@@H](C)c2ccccc2)[C@@H](C)c2ccccc2)cc1. The second kappa shape index (κ2) is 11.3. The highest BCUT2D eigenvalue weighted by Gasteiger charge is 2.32. The monoisotopic (exact) mass is 469 g/mol. The van der Waals surface area contributed by atoms with Gasteiger partial charge < -0.3 is 9.47 Å². The fraction of sp³-hybridized carbons (Fsp3) is 0.200. The molecule has 0 amide bonds. The first-order chi connectivity index (χ1) is 16.6. The van der Waals surface area contributed by atoms with Gasteiger partial charge in [0, 0.05) is 20.2 Å². The smallest absolute Gasteiger partial charge is 0.118 e. The van der Waals surface area contributed by atoms with Crippen LogP contribution in [0.2, 0.25) is 0 Å². The molecular weight excluding hydrogens is 437 g/mol. The zero-order chi connectivity index (χ0) is 23.9. The molecule has 0 saturated carbocycles. The van der Waals surface area contributed by atoms with Gasteiger partial charge in [-0.2, -0.15) is 0 Å². The minimum absolute atomic E-state index is 0.201. The van der Waals surface area contributed by atoms with Crippen molar-refractivity contribution in [3.8, 4) is 11.5 Å². The van der Waals surface area contributed by atoms with Gasteiger partial charge in [0.15, 0.2) is 0 Å². The van der Waals surface area contributed by atoms with Crippen molar-refractivity contribution in [3.05, 3.63) is 120 Å². The van der Waals surface area contributed by atoms with Gasteiger partial charge in [0.1, 0.15) is 11.5 Å². The summed E-state index contributed by atoms with van der Waals surface area (Å²) in [7, 11) is 2.57. The molecule has 0 unspecified atom stereocenters. The second-order valence-electron chi connectivity index (χ2n) is 8.26. The largest absolute Gasteiger partial charge is 0.497 e. The van der Waals surface area contributed by atoms with Crippen LogP contribution < -0.4 is 20.1 Å². The zero-order valence-electron chi connectivity index (χ0n) is 20.3. The van der Waals surface area contributed by atoms with Gasteiger partial charge in [-0.05, 0) is 84.1 Å². The highest BCUT2D eigenvalue weighted by Crippen LogP contribution is 2.50. The van der Waals surface area contributed by atoms with Crippen molar-refractivity contribution in [1.29, 1.82) is 0 Å². The molecule has 4 rings (SSSR count).